The fourth-order valence-electron chi connectivity index (χ4n) is 2.15. The van der Waals surface area contributed by atoms with Gasteiger partial charge in [0, 0.05) is 12.1 Å². The zero-order valence-corrected chi connectivity index (χ0v) is 9.15. The molecule has 0 radical (unpaired) electrons. The van der Waals surface area contributed by atoms with Crippen molar-refractivity contribution in [3.8, 4) is 0 Å². The van der Waals surface area contributed by atoms with Gasteiger partial charge in [0.05, 0.1) is 0 Å². The van der Waals surface area contributed by atoms with Crippen LogP contribution >= 0.6 is 0 Å². The minimum atomic E-state index is 0.324. The zero-order valence-electron chi connectivity index (χ0n) is 9.15. The van der Waals surface area contributed by atoms with Crippen molar-refractivity contribution >= 4 is 7.41 Å². The Morgan fingerprint density at radius 2 is 2.08 bits per heavy atom. The summed E-state index contributed by atoms with van der Waals surface area (Å²) in [6, 6.07) is 0. The van der Waals surface area contributed by atoms with Gasteiger partial charge in [-0.1, -0.05) is 22.7 Å². The van der Waals surface area contributed by atoms with Gasteiger partial charge in [-0.05, 0) is 34.1 Å². The fourth-order valence-corrected chi connectivity index (χ4v) is 2.15. The second-order valence-corrected chi connectivity index (χ2v) is 5.20. The van der Waals surface area contributed by atoms with Gasteiger partial charge < -0.3 is 4.81 Å². The molecule has 2 rings (SSSR count). The molecular weight excluding hydrogens is 157 g/mol. The predicted molar refractivity (Wildman–Crippen MR) is 59.0 cm³/mol. The third-order valence-corrected chi connectivity index (χ3v) is 3.24. The molecule has 1 nitrogen and oxygen atoms in total. The van der Waals surface area contributed by atoms with Crippen LogP contribution in [0, 0.1) is 0 Å². The summed E-state index contributed by atoms with van der Waals surface area (Å²) in [5, 5.41) is 0. The Labute approximate surface area is 81.8 Å². The number of nitrogens with zero attached hydrogens (tertiary/aromatic N) is 1. The van der Waals surface area contributed by atoms with Crippen LogP contribution in [-0.2, 0) is 0 Å². The third kappa shape index (κ3) is 1.48. The third-order valence-electron chi connectivity index (χ3n) is 3.24. The fraction of sp³-hybridized carbons (Fsp3) is 0.636. The van der Waals surface area contributed by atoms with Crippen LogP contribution in [0.5, 0.6) is 0 Å². The van der Waals surface area contributed by atoms with E-state index in [1.165, 1.54) is 26.0 Å². The molecular formula is C11H18BN. The lowest BCUT2D eigenvalue weighted by atomic mass is 9.77. The maximum atomic E-state index is 2.56. The first kappa shape index (κ1) is 9.08. The molecule has 1 heterocycles. The van der Waals surface area contributed by atoms with Crippen LogP contribution in [-0.4, -0.2) is 24.3 Å². The van der Waals surface area contributed by atoms with Crippen molar-refractivity contribution < 1.29 is 0 Å². The topological polar surface area (TPSA) is 3.24 Å². The maximum Gasteiger partial charge on any atom is 0.239 e. The molecule has 0 amide bonds. The Bertz CT molecular complexity index is 294. The minimum Gasteiger partial charge on any atom is -0.333 e. The van der Waals surface area contributed by atoms with Gasteiger partial charge in [0.1, 0.15) is 0 Å². The highest BCUT2D eigenvalue weighted by Gasteiger charge is 2.32. The van der Waals surface area contributed by atoms with Crippen LogP contribution in [0.4, 0.5) is 0 Å². The van der Waals surface area contributed by atoms with E-state index in [9.17, 15) is 0 Å². The first-order valence-corrected chi connectivity index (χ1v) is 5.11. The average molecular weight is 175 g/mol. The van der Waals surface area contributed by atoms with E-state index in [4.69, 9.17) is 0 Å². The van der Waals surface area contributed by atoms with Gasteiger partial charge in [-0.15, -0.1) is 0 Å². The predicted octanol–water partition coefficient (Wildman–Crippen LogP) is 2.06. The quantitative estimate of drug-likeness (QED) is 0.509. The summed E-state index contributed by atoms with van der Waals surface area (Å²) in [5.74, 6) is 0. The van der Waals surface area contributed by atoms with E-state index < -0.39 is 0 Å². The van der Waals surface area contributed by atoms with Crippen LogP contribution in [0.3, 0.4) is 0 Å². The highest BCUT2D eigenvalue weighted by Crippen LogP contribution is 2.33. The summed E-state index contributed by atoms with van der Waals surface area (Å²) in [7, 11) is 1.17. The second-order valence-electron chi connectivity index (χ2n) is 5.20. The molecule has 2 aliphatic rings. The first-order chi connectivity index (χ1) is 5.98. The van der Waals surface area contributed by atoms with Gasteiger partial charge in [-0.3, -0.25) is 0 Å². The molecule has 13 heavy (non-hydrogen) atoms. The lowest BCUT2D eigenvalue weighted by molar-refractivity contribution is 0.278. The summed E-state index contributed by atoms with van der Waals surface area (Å²) >= 11 is 0. The van der Waals surface area contributed by atoms with Crippen LogP contribution in [0.2, 0.25) is 0 Å². The summed E-state index contributed by atoms with van der Waals surface area (Å²) in [5.41, 5.74) is 5.12. The van der Waals surface area contributed by atoms with Gasteiger partial charge >= 0.3 is 0 Å². The van der Waals surface area contributed by atoms with E-state index in [1.807, 2.05) is 0 Å². The molecule has 0 saturated carbocycles. The molecule has 0 unspecified atom stereocenters. The number of hydrogen-bond donors (Lipinski definition) is 0. The van der Waals surface area contributed by atoms with Crippen molar-refractivity contribution in [2.45, 2.75) is 39.7 Å². The monoisotopic (exact) mass is 175 g/mol. The molecule has 0 aromatic rings. The Kier molecular flexibility index (Phi) is 1.92. The number of allylic oxidation sites excluding steroid dienone is 3. The Morgan fingerprint density at radius 3 is 2.62 bits per heavy atom. The van der Waals surface area contributed by atoms with E-state index in [2.05, 4.69) is 38.6 Å². The lowest BCUT2D eigenvalue weighted by Crippen LogP contribution is -2.42. The van der Waals surface area contributed by atoms with E-state index in [0.29, 0.717) is 5.54 Å². The zero-order chi connectivity index (χ0) is 9.64. The van der Waals surface area contributed by atoms with E-state index >= 15 is 0 Å². The molecule has 0 atom stereocenters. The van der Waals surface area contributed by atoms with Crippen LogP contribution in [0.1, 0.15) is 34.1 Å². The summed E-state index contributed by atoms with van der Waals surface area (Å²) < 4.78 is 0. The molecule has 0 bridgehead atoms. The van der Waals surface area contributed by atoms with Gasteiger partial charge in [0.25, 0.3) is 0 Å². The highest BCUT2D eigenvalue weighted by atomic mass is 15.1. The normalized spacial score (nSPS) is 23.2. The van der Waals surface area contributed by atoms with Crippen molar-refractivity contribution in [1.82, 2.24) is 4.81 Å². The lowest BCUT2D eigenvalue weighted by Gasteiger charge is -2.32. The van der Waals surface area contributed by atoms with Crippen molar-refractivity contribution in [1.29, 1.82) is 0 Å². The Hall–Kier alpha value is -0.495. The summed E-state index contributed by atoms with van der Waals surface area (Å²) in [6.07, 6.45) is 3.57. The standard InChI is InChI=1S/C11H18BN/c1-8-5-6-9-7-13(11(2,3)4)12-10(8)9/h5,12H,6-7H2,1-4H3. The van der Waals surface area contributed by atoms with Gasteiger partial charge in [-0.25, -0.2) is 0 Å². The first-order valence-electron chi connectivity index (χ1n) is 5.11. The van der Waals surface area contributed by atoms with Crippen LogP contribution < -0.4 is 0 Å². The van der Waals surface area contributed by atoms with Gasteiger partial charge in [-0.2, -0.15) is 0 Å². The molecule has 0 saturated heterocycles. The largest absolute Gasteiger partial charge is 0.333 e. The molecule has 0 aromatic heterocycles. The number of rotatable bonds is 0. The Balaban J connectivity index is 2.13. The Morgan fingerprint density at radius 1 is 1.38 bits per heavy atom. The SMILES string of the molecule is CC1=CCC2=C1BN(C(C)(C)C)C2. The van der Waals surface area contributed by atoms with Crippen LogP contribution in [0.15, 0.2) is 22.7 Å². The molecule has 0 spiro atoms. The molecule has 2 heteroatoms. The van der Waals surface area contributed by atoms with E-state index in [1.54, 1.807) is 11.0 Å². The molecule has 0 fully saturated rings. The average Bonchev–Trinajstić information content (AvgIpc) is 2.51. The molecule has 70 valence electrons. The molecule has 1 aliphatic carbocycles. The van der Waals surface area contributed by atoms with Crippen molar-refractivity contribution in [2.75, 3.05) is 6.54 Å². The van der Waals surface area contributed by atoms with Crippen molar-refractivity contribution in [3.63, 3.8) is 0 Å². The maximum absolute atomic E-state index is 2.56. The second kappa shape index (κ2) is 2.75. The van der Waals surface area contributed by atoms with Gasteiger partial charge in [0.2, 0.25) is 7.41 Å². The van der Waals surface area contributed by atoms with Crippen molar-refractivity contribution in [3.05, 3.63) is 22.7 Å². The highest BCUT2D eigenvalue weighted by molar-refractivity contribution is 6.46. The summed E-state index contributed by atoms with van der Waals surface area (Å²) in [6.45, 7) is 10.3. The van der Waals surface area contributed by atoms with E-state index in [-0.39, 0.29) is 0 Å². The van der Waals surface area contributed by atoms with Crippen LogP contribution in [0.25, 0.3) is 0 Å². The minimum absolute atomic E-state index is 0.324. The number of hydrogen-bond acceptors (Lipinski definition) is 1. The molecule has 1 aliphatic heterocycles. The van der Waals surface area contributed by atoms with Gasteiger partial charge in [0.15, 0.2) is 0 Å². The summed E-state index contributed by atoms with van der Waals surface area (Å²) in [4.78, 5) is 2.56. The molecule has 0 N–H and O–H groups in total. The van der Waals surface area contributed by atoms with E-state index in [0.717, 1.165) is 0 Å². The molecule has 0 aromatic carbocycles. The van der Waals surface area contributed by atoms with Crippen molar-refractivity contribution in [2.24, 2.45) is 0 Å². The smallest absolute Gasteiger partial charge is 0.239 e.